The van der Waals surface area contributed by atoms with E-state index in [1.807, 2.05) is 23.6 Å². The van der Waals surface area contributed by atoms with Gasteiger partial charge in [-0.3, -0.25) is 9.69 Å². The second-order valence-corrected chi connectivity index (χ2v) is 6.62. The van der Waals surface area contributed by atoms with Crippen LogP contribution >= 0.6 is 11.3 Å². The Hall–Kier alpha value is -2.12. The first-order chi connectivity index (χ1) is 11.7. The van der Waals surface area contributed by atoms with Gasteiger partial charge in [-0.15, -0.1) is 11.3 Å². The van der Waals surface area contributed by atoms with E-state index >= 15 is 0 Å². The molecule has 0 saturated carbocycles. The monoisotopic (exact) mass is 346 g/mol. The first-order valence-corrected chi connectivity index (χ1v) is 8.86. The van der Waals surface area contributed by atoms with Crippen molar-refractivity contribution in [2.45, 2.75) is 13.5 Å². The summed E-state index contributed by atoms with van der Waals surface area (Å²) in [5, 5.41) is 5.41. The van der Waals surface area contributed by atoms with Gasteiger partial charge in [0.2, 0.25) is 5.91 Å². The fraction of sp³-hybridized carbons (Fsp3) is 0.412. The van der Waals surface area contributed by atoms with Crippen LogP contribution in [0.15, 0.2) is 29.6 Å². The van der Waals surface area contributed by atoms with Crippen molar-refractivity contribution >= 4 is 28.1 Å². The number of para-hydroxylation sites is 2. The maximum atomic E-state index is 11.1. The number of thiazole rings is 1. The van der Waals surface area contributed by atoms with Crippen LogP contribution in [0, 0.1) is 0 Å². The van der Waals surface area contributed by atoms with Crippen LogP contribution in [0.1, 0.15) is 12.6 Å². The number of rotatable bonds is 5. The van der Waals surface area contributed by atoms with Crippen molar-refractivity contribution < 1.29 is 9.53 Å². The molecule has 1 aliphatic rings. The molecule has 128 valence electrons. The summed E-state index contributed by atoms with van der Waals surface area (Å²) in [6.07, 6.45) is 0. The normalized spacial score (nSPS) is 15.3. The van der Waals surface area contributed by atoms with E-state index in [0.29, 0.717) is 5.13 Å². The topological polar surface area (TPSA) is 57.7 Å². The molecule has 3 rings (SSSR count). The van der Waals surface area contributed by atoms with Gasteiger partial charge in [0.15, 0.2) is 5.13 Å². The van der Waals surface area contributed by atoms with Gasteiger partial charge in [-0.25, -0.2) is 4.98 Å². The molecule has 7 heteroatoms. The number of ether oxygens (including phenoxy) is 1. The molecule has 1 aromatic heterocycles. The zero-order valence-corrected chi connectivity index (χ0v) is 14.8. The van der Waals surface area contributed by atoms with Crippen LogP contribution in [0.3, 0.4) is 0 Å². The SMILES string of the molecule is COc1ccccc1N1CCN(Cc2csc(NC(C)=O)n2)CC1. The lowest BCUT2D eigenvalue weighted by atomic mass is 10.2. The smallest absolute Gasteiger partial charge is 0.223 e. The van der Waals surface area contributed by atoms with Crippen LogP contribution in [0.5, 0.6) is 5.75 Å². The number of hydrogen-bond acceptors (Lipinski definition) is 6. The highest BCUT2D eigenvalue weighted by molar-refractivity contribution is 7.13. The Morgan fingerprint density at radius 2 is 2.04 bits per heavy atom. The van der Waals surface area contributed by atoms with Crippen molar-refractivity contribution in [3.63, 3.8) is 0 Å². The first kappa shape index (κ1) is 16.7. The molecule has 1 amide bonds. The van der Waals surface area contributed by atoms with Crippen molar-refractivity contribution in [2.75, 3.05) is 43.5 Å². The lowest BCUT2D eigenvalue weighted by molar-refractivity contribution is -0.114. The molecule has 0 atom stereocenters. The average molecular weight is 346 g/mol. The molecule has 0 unspecified atom stereocenters. The lowest BCUT2D eigenvalue weighted by Gasteiger charge is -2.36. The summed E-state index contributed by atoms with van der Waals surface area (Å²) in [7, 11) is 1.71. The highest BCUT2D eigenvalue weighted by Crippen LogP contribution is 2.28. The third-order valence-corrected chi connectivity index (χ3v) is 4.82. The molecular weight excluding hydrogens is 324 g/mol. The Morgan fingerprint density at radius 1 is 1.29 bits per heavy atom. The van der Waals surface area contributed by atoms with Crippen molar-refractivity contribution in [2.24, 2.45) is 0 Å². The summed E-state index contributed by atoms with van der Waals surface area (Å²) in [5.41, 5.74) is 2.16. The van der Waals surface area contributed by atoms with Crippen molar-refractivity contribution in [3.8, 4) is 5.75 Å². The van der Waals surface area contributed by atoms with Gasteiger partial charge in [0.05, 0.1) is 18.5 Å². The Morgan fingerprint density at radius 3 is 2.75 bits per heavy atom. The van der Waals surface area contributed by atoms with Crippen LogP contribution in [0.2, 0.25) is 0 Å². The molecule has 1 saturated heterocycles. The number of nitrogens with one attached hydrogen (secondary N) is 1. The van der Waals surface area contributed by atoms with Crippen LogP contribution in [0.25, 0.3) is 0 Å². The van der Waals surface area contributed by atoms with Gasteiger partial charge in [0.1, 0.15) is 5.75 Å². The number of piperazine rings is 1. The van der Waals surface area contributed by atoms with Crippen LogP contribution < -0.4 is 15.0 Å². The molecule has 0 radical (unpaired) electrons. The predicted octanol–water partition coefficient (Wildman–Crippen LogP) is 2.43. The molecule has 1 aliphatic heterocycles. The second-order valence-electron chi connectivity index (χ2n) is 5.76. The number of carbonyl (C=O) groups is 1. The Balaban J connectivity index is 1.55. The van der Waals surface area contributed by atoms with E-state index < -0.39 is 0 Å². The molecule has 6 nitrogen and oxygen atoms in total. The number of aromatic nitrogens is 1. The van der Waals surface area contributed by atoms with Crippen molar-refractivity contribution in [1.29, 1.82) is 0 Å². The standard InChI is InChI=1S/C17H22N4O2S/c1-13(22)18-17-19-14(12-24-17)11-20-7-9-21(10-8-20)15-5-3-4-6-16(15)23-2/h3-6,12H,7-11H2,1-2H3,(H,18,19,22). The molecule has 0 spiro atoms. The van der Waals surface area contributed by atoms with E-state index in [1.54, 1.807) is 7.11 Å². The average Bonchev–Trinajstić information content (AvgIpc) is 3.01. The molecule has 1 fully saturated rings. The van der Waals surface area contributed by atoms with Gasteiger partial charge in [0, 0.05) is 45.0 Å². The highest BCUT2D eigenvalue weighted by Gasteiger charge is 2.20. The zero-order valence-electron chi connectivity index (χ0n) is 14.0. The fourth-order valence-electron chi connectivity index (χ4n) is 2.85. The highest BCUT2D eigenvalue weighted by atomic mass is 32.1. The maximum Gasteiger partial charge on any atom is 0.223 e. The van der Waals surface area contributed by atoms with Gasteiger partial charge >= 0.3 is 0 Å². The molecule has 1 N–H and O–H groups in total. The molecule has 2 heterocycles. The minimum atomic E-state index is -0.0821. The van der Waals surface area contributed by atoms with E-state index in [4.69, 9.17) is 4.74 Å². The fourth-order valence-corrected chi connectivity index (χ4v) is 3.60. The van der Waals surface area contributed by atoms with Crippen LogP contribution in [-0.4, -0.2) is 49.1 Å². The largest absolute Gasteiger partial charge is 0.495 e. The predicted molar refractivity (Wildman–Crippen MR) is 96.9 cm³/mol. The quantitative estimate of drug-likeness (QED) is 0.901. The van der Waals surface area contributed by atoms with Gasteiger partial charge in [-0.1, -0.05) is 12.1 Å². The number of nitrogens with zero attached hydrogens (tertiary/aromatic N) is 3. The molecule has 2 aromatic rings. The molecule has 24 heavy (non-hydrogen) atoms. The van der Waals surface area contributed by atoms with Gasteiger partial charge < -0.3 is 15.0 Å². The van der Waals surface area contributed by atoms with Gasteiger partial charge in [-0.2, -0.15) is 0 Å². The van der Waals surface area contributed by atoms with E-state index in [-0.39, 0.29) is 5.91 Å². The third-order valence-electron chi connectivity index (χ3n) is 4.02. The van der Waals surface area contributed by atoms with Gasteiger partial charge in [0.25, 0.3) is 0 Å². The van der Waals surface area contributed by atoms with Crippen LogP contribution in [-0.2, 0) is 11.3 Å². The molecule has 0 aliphatic carbocycles. The maximum absolute atomic E-state index is 11.1. The lowest BCUT2D eigenvalue weighted by Crippen LogP contribution is -2.46. The summed E-state index contributed by atoms with van der Waals surface area (Å²) in [6, 6.07) is 8.14. The minimum absolute atomic E-state index is 0.0821. The first-order valence-electron chi connectivity index (χ1n) is 7.98. The second kappa shape index (κ2) is 7.63. The Kier molecular flexibility index (Phi) is 5.32. The summed E-state index contributed by atoms with van der Waals surface area (Å²) in [4.78, 5) is 20.3. The van der Waals surface area contributed by atoms with E-state index in [2.05, 4.69) is 26.2 Å². The summed E-state index contributed by atoms with van der Waals surface area (Å²) < 4.78 is 5.46. The third kappa shape index (κ3) is 4.04. The summed E-state index contributed by atoms with van der Waals surface area (Å²) in [6.45, 7) is 6.19. The molecular formula is C17H22N4O2S. The van der Waals surface area contributed by atoms with E-state index in [0.717, 1.165) is 49.9 Å². The zero-order chi connectivity index (χ0) is 16.9. The summed E-state index contributed by atoms with van der Waals surface area (Å²) in [5.74, 6) is 0.840. The van der Waals surface area contributed by atoms with Crippen molar-refractivity contribution in [1.82, 2.24) is 9.88 Å². The minimum Gasteiger partial charge on any atom is -0.495 e. The van der Waals surface area contributed by atoms with Gasteiger partial charge in [-0.05, 0) is 12.1 Å². The van der Waals surface area contributed by atoms with E-state index in [1.165, 1.54) is 18.3 Å². The number of amides is 1. The number of hydrogen-bond donors (Lipinski definition) is 1. The molecule has 0 bridgehead atoms. The number of carbonyl (C=O) groups excluding carboxylic acids is 1. The van der Waals surface area contributed by atoms with Crippen molar-refractivity contribution in [3.05, 3.63) is 35.3 Å². The number of methoxy groups -OCH3 is 1. The summed E-state index contributed by atoms with van der Waals surface area (Å²) >= 11 is 1.47. The van der Waals surface area contributed by atoms with E-state index in [9.17, 15) is 4.79 Å². The van der Waals surface area contributed by atoms with Crippen LogP contribution in [0.4, 0.5) is 10.8 Å². The molecule has 1 aromatic carbocycles. The number of anilines is 2. The Labute approximate surface area is 146 Å². The Bertz CT molecular complexity index is 695. The number of benzene rings is 1.